The lowest BCUT2D eigenvalue weighted by molar-refractivity contribution is -0.123. The van der Waals surface area contributed by atoms with Gasteiger partial charge in [-0.25, -0.2) is 4.79 Å². The Hall–Kier alpha value is -1.99. The number of ether oxygens (including phenoxy) is 2. The van der Waals surface area contributed by atoms with Crippen LogP contribution in [0.2, 0.25) is 0 Å². The first-order valence-electron chi connectivity index (χ1n) is 7.54. The molecule has 3 N–H and O–H groups in total. The molecule has 0 aliphatic carbocycles. The number of phenols is 1. The van der Waals surface area contributed by atoms with E-state index in [1.165, 1.54) is 18.1 Å². The number of fused-ring (bicyclic) bond motifs is 1. The van der Waals surface area contributed by atoms with E-state index in [-0.39, 0.29) is 12.2 Å². The van der Waals surface area contributed by atoms with Crippen LogP contribution in [-0.4, -0.2) is 52.9 Å². The molecule has 0 aromatic heterocycles. The summed E-state index contributed by atoms with van der Waals surface area (Å²) in [6.45, 7) is 4.11. The number of carbonyl (C=O) groups is 1. The minimum absolute atomic E-state index is 0.0596. The van der Waals surface area contributed by atoms with Gasteiger partial charge in [-0.15, -0.1) is 0 Å². The Morgan fingerprint density at radius 1 is 1.48 bits per heavy atom. The predicted molar refractivity (Wildman–Crippen MR) is 82.7 cm³/mol. The van der Waals surface area contributed by atoms with Crippen molar-refractivity contribution < 1.29 is 29.6 Å². The summed E-state index contributed by atoms with van der Waals surface area (Å²) in [6.07, 6.45) is -1.58. The van der Waals surface area contributed by atoms with E-state index in [4.69, 9.17) is 9.47 Å². The number of nitrogens with zero attached hydrogens (tertiary/aromatic N) is 1. The quantitative estimate of drug-likeness (QED) is 0.715. The second-order valence-electron chi connectivity index (χ2n) is 5.75. The van der Waals surface area contributed by atoms with Crippen molar-refractivity contribution in [1.82, 2.24) is 4.90 Å². The van der Waals surface area contributed by atoms with Crippen LogP contribution in [-0.2, 0) is 16.7 Å². The summed E-state index contributed by atoms with van der Waals surface area (Å²) in [6, 6.07) is 3.23. The molecule has 0 bridgehead atoms. The lowest BCUT2D eigenvalue weighted by atomic mass is 9.79. The van der Waals surface area contributed by atoms with Gasteiger partial charge in [0.2, 0.25) is 0 Å². The van der Waals surface area contributed by atoms with E-state index in [0.29, 0.717) is 30.9 Å². The number of benzene rings is 1. The standard InChI is InChI=1S/C16H23NO6/c1-4-23-14(19)9-16(2)11-8-12(18)13(22-3)7-10(11)5-6-17(16)15(20)21/h7-8,14,18-19H,4-6,9H2,1-3H3,(H,20,21). The number of hydrogen-bond donors (Lipinski definition) is 3. The number of aromatic hydroxyl groups is 1. The first-order chi connectivity index (χ1) is 10.8. The predicted octanol–water partition coefficient (Wildman–Crippen LogP) is 1.90. The lowest BCUT2D eigenvalue weighted by Gasteiger charge is -2.45. The van der Waals surface area contributed by atoms with Gasteiger partial charge < -0.3 is 24.8 Å². The van der Waals surface area contributed by atoms with Crippen molar-refractivity contribution in [2.75, 3.05) is 20.3 Å². The molecule has 7 nitrogen and oxygen atoms in total. The SMILES string of the molecule is CCOC(O)CC1(C)c2cc(O)c(OC)cc2CCN1C(=O)O. The number of phenolic OH excluding ortho intramolecular Hbond substituents is 1. The maximum Gasteiger partial charge on any atom is 0.408 e. The van der Waals surface area contributed by atoms with Gasteiger partial charge in [-0.3, -0.25) is 4.90 Å². The molecule has 1 heterocycles. The Morgan fingerprint density at radius 2 is 2.17 bits per heavy atom. The van der Waals surface area contributed by atoms with Gasteiger partial charge in [0.25, 0.3) is 0 Å². The van der Waals surface area contributed by atoms with Crippen molar-refractivity contribution in [1.29, 1.82) is 0 Å². The Bertz CT molecular complexity index is 590. The van der Waals surface area contributed by atoms with Crippen LogP contribution in [0, 0.1) is 0 Å². The summed E-state index contributed by atoms with van der Waals surface area (Å²) < 4.78 is 10.3. The van der Waals surface area contributed by atoms with Gasteiger partial charge in [0.15, 0.2) is 17.8 Å². The first kappa shape index (κ1) is 17.4. The van der Waals surface area contributed by atoms with Crippen LogP contribution in [0.4, 0.5) is 4.79 Å². The summed E-state index contributed by atoms with van der Waals surface area (Å²) in [5.74, 6) is 0.288. The fourth-order valence-electron chi connectivity index (χ4n) is 3.22. The first-order valence-corrected chi connectivity index (χ1v) is 7.54. The van der Waals surface area contributed by atoms with E-state index < -0.39 is 17.9 Å². The number of aliphatic hydroxyl groups is 1. The van der Waals surface area contributed by atoms with Crippen LogP contribution < -0.4 is 4.74 Å². The second-order valence-corrected chi connectivity index (χ2v) is 5.75. The molecule has 1 aliphatic rings. The lowest BCUT2D eigenvalue weighted by Crippen LogP contribution is -2.52. The van der Waals surface area contributed by atoms with Gasteiger partial charge in [-0.1, -0.05) is 0 Å². The number of rotatable bonds is 5. The molecule has 0 radical (unpaired) electrons. The van der Waals surface area contributed by atoms with Crippen molar-refractivity contribution in [3.8, 4) is 11.5 Å². The molecule has 128 valence electrons. The van der Waals surface area contributed by atoms with Crippen LogP contribution in [0.15, 0.2) is 12.1 Å². The average molecular weight is 325 g/mol. The second kappa shape index (κ2) is 6.64. The highest BCUT2D eigenvalue weighted by Crippen LogP contribution is 2.43. The van der Waals surface area contributed by atoms with Gasteiger partial charge in [-0.2, -0.15) is 0 Å². The van der Waals surface area contributed by atoms with Crippen LogP contribution in [0.3, 0.4) is 0 Å². The van der Waals surface area contributed by atoms with Gasteiger partial charge in [0, 0.05) is 19.6 Å². The van der Waals surface area contributed by atoms with E-state index in [2.05, 4.69) is 0 Å². The van der Waals surface area contributed by atoms with Crippen LogP contribution in [0.5, 0.6) is 11.5 Å². The monoisotopic (exact) mass is 325 g/mol. The van der Waals surface area contributed by atoms with E-state index in [1.807, 2.05) is 0 Å². The molecule has 0 saturated heterocycles. The fraction of sp³-hybridized carbons (Fsp3) is 0.562. The zero-order chi connectivity index (χ0) is 17.2. The Kier molecular flexibility index (Phi) is 5.01. The van der Waals surface area contributed by atoms with E-state index in [1.54, 1.807) is 19.9 Å². The van der Waals surface area contributed by atoms with Crippen LogP contribution in [0.1, 0.15) is 31.4 Å². The van der Waals surface area contributed by atoms with Gasteiger partial charge >= 0.3 is 6.09 Å². The molecule has 1 amide bonds. The highest BCUT2D eigenvalue weighted by atomic mass is 16.6. The molecule has 2 rings (SSSR count). The largest absolute Gasteiger partial charge is 0.504 e. The Morgan fingerprint density at radius 3 is 2.74 bits per heavy atom. The summed E-state index contributed by atoms with van der Waals surface area (Å²) in [4.78, 5) is 12.9. The molecule has 0 saturated carbocycles. The Balaban J connectivity index is 2.50. The molecule has 0 fully saturated rings. The molecular weight excluding hydrogens is 302 g/mol. The van der Waals surface area contributed by atoms with Crippen molar-refractivity contribution in [3.05, 3.63) is 23.3 Å². The summed E-state index contributed by atoms with van der Waals surface area (Å²) in [5, 5.41) is 29.6. The number of carboxylic acid groups (broad SMARTS) is 1. The van der Waals surface area contributed by atoms with Gasteiger partial charge in [-0.05, 0) is 43.5 Å². The number of methoxy groups -OCH3 is 1. The molecule has 2 unspecified atom stereocenters. The highest BCUT2D eigenvalue weighted by Gasteiger charge is 2.43. The minimum Gasteiger partial charge on any atom is -0.504 e. The zero-order valence-corrected chi connectivity index (χ0v) is 13.6. The highest BCUT2D eigenvalue weighted by molar-refractivity contribution is 5.68. The molecule has 23 heavy (non-hydrogen) atoms. The third-order valence-electron chi connectivity index (χ3n) is 4.35. The third-order valence-corrected chi connectivity index (χ3v) is 4.35. The van der Waals surface area contributed by atoms with Crippen molar-refractivity contribution in [2.45, 2.75) is 38.5 Å². The molecule has 0 spiro atoms. The van der Waals surface area contributed by atoms with Crippen molar-refractivity contribution in [2.24, 2.45) is 0 Å². The maximum atomic E-state index is 11.6. The van der Waals surface area contributed by atoms with Crippen LogP contribution >= 0.6 is 0 Å². The zero-order valence-electron chi connectivity index (χ0n) is 13.6. The summed E-state index contributed by atoms with van der Waals surface area (Å²) in [5.41, 5.74) is 0.546. The molecule has 2 atom stereocenters. The van der Waals surface area contributed by atoms with E-state index in [9.17, 15) is 20.1 Å². The minimum atomic E-state index is -1.10. The molecule has 1 aromatic carbocycles. The number of aliphatic hydroxyl groups excluding tert-OH is 1. The van der Waals surface area contributed by atoms with Crippen molar-refractivity contribution in [3.63, 3.8) is 0 Å². The average Bonchev–Trinajstić information content (AvgIpc) is 2.47. The van der Waals surface area contributed by atoms with Crippen molar-refractivity contribution >= 4 is 6.09 Å². The number of amides is 1. The van der Waals surface area contributed by atoms with E-state index in [0.717, 1.165) is 5.56 Å². The molecule has 1 aliphatic heterocycles. The van der Waals surface area contributed by atoms with Gasteiger partial charge in [0.1, 0.15) is 0 Å². The van der Waals surface area contributed by atoms with Crippen LogP contribution in [0.25, 0.3) is 0 Å². The van der Waals surface area contributed by atoms with E-state index >= 15 is 0 Å². The Labute approximate surface area is 135 Å². The normalized spacial score (nSPS) is 21.7. The topological polar surface area (TPSA) is 99.5 Å². The third kappa shape index (κ3) is 3.20. The number of hydrogen-bond acceptors (Lipinski definition) is 5. The van der Waals surface area contributed by atoms with Gasteiger partial charge in [0.05, 0.1) is 12.6 Å². The molecule has 1 aromatic rings. The maximum absolute atomic E-state index is 11.6. The fourth-order valence-corrected chi connectivity index (χ4v) is 3.22. The summed E-state index contributed by atoms with van der Waals surface area (Å²) >= 11 is 0. The summed E-state index contributed by atoms with van der Waals surface area (Å²) in [7, 11) is 1.46. The molecule has 7 heteroatoms. The molecular formula is C16H23NO6. The smallest absolute Gasteiger partial charge is 0.408 e.